The van der Waals surface area contributed by atoms with E-state index in [4.69, 9.17) is 0 Å². The summed E-state index contributed by atoms with van der Waals surface area (Å²) in [6.07, 6.45) is 4.39. The van der Waals surface area contributed by atoms with Gasteiger partial charge in [0.05, 0.1) is 0 Å². The van der Waals surface area contributed by atoms with Crippen molar-refractivity contribution in [3.05, 3.63) is 71.8 Å². The van der Waals surface area contributed by atoms with Gasteiger partial charge in [-0.15, -0.1) is 0 Å². The van der Waals surface area contributed by atoms with Crippen molar-refractivity contribution in [3.8, 4) is 0 Å². The topological polar surface area (TPSA) is 58.2 Å². The van der Waals surface area contributed by atoms with Crippen molar-refractivity contribution in [3.63, 3.8) is 0 Å². The second kappa shape index (κ2) is 9.18. The van der Waals surface area contributed by atoms with Gasteiger partial charge in [0.25, 0.3) is 11.8 Å². The molecular formula is C22H26N2O2. The number of benzene rings is 2. The fraction of sp³-hybridized carbons (Fsp3) is 0.364. The first kappa shape index (κ1) is 18.2. The highest BCUT2D eigenvalue weighted by atomic mass is 16.2. The Balaban J connectivity index is 1.35. The van der Waals surface area contributed by atoms with Crippen LogP contribution in [0, 0.1) is 11.8 Å². The van der Waals surface area contributed by atoms with E-state index in [1.165, 1.54) is 0 Å². The summed E-state index contributed by atoms with van der Waals surface area (Å²) in [7, 11) is 0. The lowest BCUT2D eigenvalue weighted by molar-refractivity contribution is 0.0923. The van der Waals surface area contributed by atoms with Crippen molar-refractivity contribution in [1.29, 1.82) is 0 Å². The molecule has 0 saturated heterocycles. The Labute approximate surface area is 155 Å². The molecule has 2 aromatic carbocycles. The number of carbonyl (C=O) groups excluding carboxylic acids is 2. The quantitative estimate of drug-likeness (QED) is 0.835. The Bertz CT molecular complexity index is 644. The van der Waals surface area contributed by atoms with E-state index >= 15 is 0 Å². The Kier molecular flexibility index (Phi) is 6.42. The molecule has 0 aromatic heterocycles. The third-order valence-electron chi connectivity index (χ3n) is 5.14. The Morgan fingerprint density at radius 3 is 1.35 bits per heavy atom. The van der Waals surface area contributed by atoms with Gasteiger partial charge in [-0.2, -0.15) is 0 Å². The van der Waals surface area contributed by atoms with Gasteiger partial charge in [-0.1, -0.05) is 36.4 Å². The Hall–Kier alpha value is -2.62. The third-order valence-corrected chi connectivity index (χ3v) is 5.14. The molecule has 1 saturated carbocycles. The van der Waals surface area contributed by atoms with Crippen molar-refractivity contribution in [2.24, 2.45) is 11.8 Å². The monoisotopic (exact) mass is 350 g/mol. The van der Waals surface area contributed by atoms with Crippen molar-refractivity contribution in [2.45, 2.75) is 25.7 Å². The predicted molar refractivity (Wildman–Crippen MR) is 103 cm³/mol. The van der Waals surface area contributed by atoms with Crippen LogP contribution in [0.15, 0.2) is 60.7 Å². The summed E-state index contributed by atoms with van der Waals surface area (Å²) < 4.78 is 0. The molecule has 0 aliphatic heterocycles. The van der Waals surface area contributed by atoms with Gasteiger partial charge in [0, 0.05) is 24.2 Å². The van der Waals surface area contributed by atoms with E-state index in [0.717, 1.165) is 38.8 Å². The minimum absolute atomic E-state index is 0.00264. The summed E-state index contributed by atoms with van der Waals surface area (Å²) in [6.45, 7) is 1.47. The molecule has 0 bridgehead atoms. The normalized spacial score (nSPS) is 19.5. The lowest BCUT2D eigenvalue weighted by atomic mass is 9.82. The lowest BCUT2D eigenvalue weighted by Crippen LogP contribution is -2.34. The smallest absolute Gasteiger partial charge is 0.251 e. The predicted octanol–water partition coefficient (Wildman–Crippen LogP) is 3.65. The fourth-order valence-corrected chi connectivity index (χ4v) is 3.50. The SMILES string of the molecule is O=C(NCC1CCC(CNC(=O)c2ccccc2)CC1)c1ccccc1. The lowest BCUT2D eigenvalue weighted by Gasteiger charge is -2.28. The van der Waals surface area contributed by atoms with E-state index in [1.807, 2.05) is 60.7 Å². The minimum atomic E-state index is 0.00264. The number of amides is 2. The first-order valence-corrected chi connectivity index (χ1v) is 9.39. The number of hydrogen-bond donors (Lipinski definition) is 2. The zero-order valence-electron chi connectivity index (χ0n) is 15.0. The molecule has 2 N–H and O–H groups in total. The summed E-state index contributed by atoms with van der Waals surface area (Å²) >= 11 is 0. The van der Waals surface area contributed by atoms with Gasteiger partial charge >= 0.3 is 0 Å². The second-order valence-electron chi connectivity index (χ2n) is 7.04. The maximum atomic E-state index is 12.1. The summed E-state index contributed by atoms with van der Waals surface area (Å²) in [5.41, 5.74) is 1.43. The van der Waals surface area contributed by atoms with Crippen LogP contribution in [0.5, 0.6) is 0 Å². The van der Waals surface area contributed by atoms with E-state index in [9.17, 15) is 9.59 Å². The number of hydrogen-bond acceptors (Lipinski definition) is 2. The van der Waals surface area contributed by atoms with Crippen LogP contribution in [-0.2, 0) is 0 Å². The van der Waals surface area contributed by atoms with Gasteiger partial charge < -0.3 is 10.6 Å². The molecule has 3 rings (SSSR count). The molecule has 1 aliphatic carbocycles. The molecule has 0 unspecified atom stereocenters. The molecule has 4 nitrogen and oxygen atoms in total. The van der Waals surface area contributed by atoms with E-state index < -0.39 is 0 Å². The minimum Gasteiger partial charge on any atom is -0.352 e. The summed E-state index contributed by atoms with van der Waals surface area (Å²) in [4.78, 5) is 24.2. The van der Waals surface area contributed by atoms with Crippen LogP contribution in [0.3, 0.4) is 0 Å². The van der Waals surface area contributed by atoms with Crippen molar-refractivity contribution in [1.82, 2.24) is 10.6 Å². The number of rotatable bonds is 6. The zero-order valence-corrected chi connectivity index (χ0v) is 15.0. The molecule has 2 amide bonds. The van der Waals surface area contributed by atoms with Crippen molar-refractivity contribution < 1.29 is 9.59 Å². The van der Waals surface area contributed by atoms with Crippen LogP contribution in [0.2, 0.25) is 0 Å². The van der Waals surface area contributed by atoms with Crippen LogP contribution in [0.4, 0.5) is 0 Å². The van der Waals surface area contributed by atoms with Crippen LogP contribution in [0.25, 0.3) is 0 Å². The fourth-order valence-electron chi connectivity index (χ4n) is 3.50. The van der Waals surface area contributed by atoms with Gasteiger partial charge in [0.15, 0.2) is 0 Å². The van der Waals surface area contributed by atoms with E-state index in [-0.39, 0.29) is 11.8 Å². The van der Waals surface area contributed by atoms with Crippen LogP contribution < -0.4 is 10.6 Å². The third kappa shape index (κ3) is 5.19. The molecular weight excluding hydrogens is 324 g/mol. The Morgan fingerprint density at radius 1 is 0.654 bits per heavy atom. The summed E-state index contributed by atoms with van der Waals surface area (Å²) in [6, 6.07) is 18.7. The second-order valence-corrected chi connectivity index (χ2v) is 7.04. The molecule has 1 aliphatic rings. The standard InChI is InChI=1S/C22H26N2O2/c25-21(19-7-3-1-4-8-19)23-15-17-11-13-18(14-12-17)16-24-22(26)20-9-5-2-6-10-20/h1-10,17-18H,11-16H2,(H,23,25)(H,24,26). The molecule has 0 radical (unpaired) electrons. The molecule has 1 fully saturated rings. The van der Waals surface area contributed by atoms with E-state index in [0.29, 0.717) is 23.0 Å². The molecule has 26 heavy (non-hydrogen) atoms. The first-order valence-electron chi connectivity index (χ1n) is 9.39. The average molecular weight is 350 g/mol. The first-order chi connectivity index (χ1) is 12.7. The van der Waals surface area contributed by atoms with Gasteiger partial charge in [-0.3, -0.25) is 9.59 Å². The van der Waals surface area contributed by atoms with E-state index in [1.54, 1.807) is 0 Å². The maximum absolute atomic E-state index is 12.1. The summed E-state index contributed by atoms with van der Waals surface area (Å²) in [5.74, 6) is 1.07. The van der Waals surface area contributed by atoms with Crippen molar-refractivity contribution in [2.75, 3.05) is 13.1 Å². The molecule has 0 heterocycles. The number of carbonyl (C=O) groups is 2. The molecule has 2 aromatic rings. The van der Waals surface area contributed by atoms with Crippen molar-refractivity contribution >= 4 is 11.8 Å². The van der Waals surface area contributed by atoms with Gasteiger partial charge in [-0.25, -0.2) is 0 Å². The average Bonchev–Trinajstić information content (AvgIpc) is 2.72. The zero-order chi connectivity index (χ0) is 18.2. The number of nitrogens with one attached hydrogen (secondary N) is 2. The highest BCUT2D eigenvalue weighted by Crippen LogP contribution is 2.28. The van der Waals surface area contributed by atoms with Crippen LogP contribution in [-0.4, -0.2) is 24.9 Å². The van der Waals surface area contributed by atoms with Crippen LogP contribution in [0.1, 0.15) is 46.4 Å². The molecule has 0 atom stereocenters. The largest absolute Gasteiger partial charge is 0.352 e. The highest BCUT2D eigenvalue weighted by Gasteiger charge is 2.22. The Morgan fingerprint density at radius 2 is 1.00 bits per heavy atom. The summed E-state index contributed by atoms with van der Waals surface area (Å²) in [5, 5.41) is 6.09. The van der Waals surface area contributed by atoms with E-state index in [2.05, 4.69) is 10.6 Å². The van der Waals surface area contributed by atoms with Gasteiger partial charge in [0.2, 0.25) is 0 Å². The van der Waals surface area contributed by atoms with Gasteiger partial charge in [-0.05, 0) is 61.8 Å². The maximum Gasteiger partial charge on any atom is 0.251 e. The molecule has 136 valence electrons. The molecule has 4 heteroatoms. The van der Waals surface area contributed by atoms with Crippen LogP contribution >= 0.6 is 0 Å². The van der Waals surface area contributed by atoms with Gasteiger partial charge in [0.1, 0.15) is 0 Å². The molecule has 0 spiro atoms. The highest BCUT2D eigenvalue weighted by molar-refractivity contribution is 5.94.